The standard InChI is InChI=1S/C10H5F4N3O4/c1-20-9-6(10(12,13)14)7(11)15-8(16-9)4-2-3-5(21-4)17(18)19/h2-3H,1H3. The molecule has 2 aromatic heterocycles. The molecule has 0 saturated heterocycles. The van der Waals surface area contributed by atoms with Crippen molar-refractivity contribution in [3.05, 3.63) is 33.8 Å². The molecule has 0 amide bonds. The van der Waals surface area contributed by atoms with E-state index >= 15 is 0 Å². The third kappa shape index (κ3) is 2.75. The zero-order valence-electron chi connectivity index (χ0n) is 10.1. The maximum atomic E-state index is 13.5. The van der Waals surface area contributed by atoms with E-state index in [1.165, 1.54) is 0 Å². The Balaban J connectivity index is 2.56. The molecule has 0 spiro atoms. The number of ether oxygens (including phenoxy) is 1. The van der Waals surface area contributed by atoms with Crippen molar-refractivity contribution in [2.75, 3.05) is 7.11 Å². The van der Waals surface area contributed by atoms with Gasteiger partial charge in [-0.1, -0.05) is 0 Å². The summed E-state index contributed by atoms with van der Waals surface area (Å²) in [7, 11) is 0.866. The van der Waals surface area contributed by atoms with Gasteiger partial charge in [0.25, 0.3) is 0 Å². The van der Waals surface area contributed by atoms with Crippen LogP contribution in [-0.2, 0) is 6.18 Å². The van der Waals surface area contributed by atoms with Crippen molar-refractivity contribution in [3.63, 3.8) is 0 Å². The van der Waals surface area contributed by atoms with E-state index in [2.05, 4.69) is 19.1 Å². The van der Waals surface area contributed by atoms with Crippen LogP contribution < -0.4 is 4.74 Å². The molecule has 0 aliphatic heterocycles. The fourth-order valence-electron chi connectivity index (χ4n) is 1.46. The Bertz CT molecular complexity index is 698. The molecule has 11 heteroatoms. The average Bonchev–Trinajstić information content (AvgIpc) is 2.85. The molecule has 0 N–H and O–H groups in total. The maximum Gasteiger partial charge on any atom is 0.433 e. The van der Waals surface area contributed by atoms with Gasteiger partial charge in [0.05, 0.1) is 13.2 Å². The zero-order valence-corrected chi connectivity index (χ0v) is 10.1. The molecule has 0 aliphatic carbocycles. The second kappa shape index (κ2) is 5.00. The first-order valence-electron chi connectivity index (χ1n) is 5.17. The summed E-state index contributed by atoms with van der Waals surface area (Å²) in [4.78, 5) is 15.9. The predicted octanol–water partition coefficient (Wildman–Crippen LogP) is 2.81. The Labute approximate surface area is 113 Å². The highest BCUT2D eigenvalue weighted by molar-refractivity contribution is 5.50. The van der Waals surface area contributed by atoms with E-state index in [1.807, 2.05) is 0 Å². The molecule has 0 fully saturated rings. The van der Waals surface area contributed by atoms with E-state index < -0.39 is 40.2 Å². The minimum absolute atomic E-state index is 0.368. The Morgan fingerprint density at radius 3 is 2.48 bits per heavy atom. The second-order valence-electron chi connectivity index (χ2n) is 3.62. The van der Waals surface area contributed by atoms with Gasteiger partial charge in [0, 0.05) is 0 Å². The molecule has 0 radical (unpaired) electrons. The lowest BCUT2D eigenvalue weighted by Crippen LogP contribution is -2.14. The Kier molecular flexibility index (Phi) is 3.49. The summed E-state index contributed by atoms with van der Waals surface area (Å²) in [5.74, 6) is -4.58. The number of rotatable bonds is 3. The van der Waals surface area contributed by atoms with Crippen molar-refractivity contribution >= 4 is 5.88 Å². The van der Waals surface area contributed by atoms with Crippen LogP contribution in [-0.4, -0.2) is 22.0 Å². The number of furan rings is 1. The van der Waals surface area contributed by atoms with Crippen molar-refractivity contribution in [3.8, 4) is 17.5 Å². The Morgan fingerprint density at radius 1 is 1.33 bits per heavy atom. The lowest BCUT2D eigenvalue weighted by atomic mass is 10.3. The third-order valence-corrected chi connectivity index (χ3v) is 2.30. The minimum Gasteiger partial charge on any atom is -0.480 e. The highest BCUT2D eigenvalue weighted by Crippen LogP contribution is 2.37. The molecule has 2 rings (SSSR count). The molecule has 2 heterocycles. The van der Waals surface area contributed by atoms with E-state index in [0.717, 1.165) is 19.2 Å². The number of hydrogen-bond donors (Lipinski definition) is 0. The topological polar surface area (TPSA) is 91.3 Å². The molecule has 21 heavy (non-hydrogen) atoms. The van der Waals surface area contributed by atoms with Crippen LogP contribution in [0.5, 0.6) is 5.88 Å². The van der Waals surface area contributed by atoms with Gasteiger partial charge < -0.3 is 9.15 Å². The number of nitrogens with zero attached hydrogens (tertiary/aromatic N) is 3. The van der Waals surface area contributed by atoms with Crippen molar-refractivity contribution in [2.24, 2.45) is 0 Å². The van der Waals surface area contributed by atoms with Gasteiger partial charge in [0.15, 0.2) is 11.3 Å². The highest BCUT2D eigenvalue weighted by Gasteiger charge is 2.40. The predicted molar refractivity (Wildman–Crippen MR) is 57.9 cm³/mol. The third-order valence-electron chi connectivity index (χ3n) is 2.30. The van der Waals surface area contributed by atoms with E-state index in [0.29, 0.717) is 0 Å². The number of methoxy groups -OCH3 is 1. The quantitative estimate of drug-likeness (QED) is 0.375. The van der Waals surface area contributed by atoms with E-state index in [9.17, 15) is 27.7 Å². The second-order valence-corrected chi connectivity index (χ2v) is 3.62. The van der Waals surface area contributed by atoms with Gasteiger partial charge in [-0.3, -0.25) is 10.1 Å². The summed E-state index contributed by atoms with van der Waals surface area (Å²) in [6.45, 7) is 0. The molecule has 0 aliphatic rings. The van der Waals surface area contributed by atoms with E-state index in [1.54, 1.807) is 0 Å². The minimum atomic E-state index is -5.05. The molecular weight excluding hydrogens is 302 g/mol. The normalized spacial score (nSPS) is 11.5. The first-order chi connectivity index (χ1) is 9.74. The van der Waals surface area contributed by atoms with Gasteiger partial charge in [-0.2, -0.15) is 27.5 Å². The molecule has 0 unspecified atom stereocenters. The summed E-state index contributed by atoms with van der Waals surface area (Å²) < 4.78 is 60.5. The SMILES string of the molecule is COc1nc(-c2ccc([N+](=O)[O-])o2)nc(F)c1C(F)(F)F. The Hall–Kier alpha value is -2.72. The van der Waals surface area contributed by atoms with Crippen molar-refractivity contribution in [2.45, 2.75) is 6.18 Å². The zero-order chi connectivity index (χ0) is 15.8. The van der Waals surface area contributed by atoms with Crippen molar-refractivity contribution < 1.29 is 31.6 Å². The van der Waals surface area contributed by atoms with Crippen LogP contribution in [0, 0.1) is 16.1 Å². The number of alkyl halides is 3. The molecule has 0 saturated carbocycles. The summed E-state index contributed by atoms with van der Waals surface area (Å²) in [5, 5.41) is 10.4. The van der Waals surface area contributed by atoms with Gasteiger partial charge in [0.2, 0.25) is 17.7 Å². The molecule has 0 atom stereocenters. The highest BCUT2D eigenvalue weighted by atomic mass is 19.4. The van der Waals surface area contributed by atoms with Crippen LogP contribution in [0.25, 0.3) is 11.6 Å². The summed E-state index contributed by atoms with van der Waals surface area (Å²) in [6.07, 6.45) is -5.05. The molecule has 112 valence electrons. The maximum absolute atomic E-state index is 13.5. The monoisotopic (exact) mass is 307 g/mol. The molecule has 0 aromatic carbocycles. The summed E-state index contributed by atoms with van der Waals surface area (Å²) >= 11 is 0. The fourth-order valence-corrected chi connectivity index (χ4v) is 1.46. The van der Waals surface area contributed by atoms with Gasteiger partial charge in [0.1, 0.15) is 4.92 Å². The molecular formula is C10H5F4N3O4. The van der Waals surface area contributed by atoms with Crippen molar-refractivity contribution in [1.82, 2.24) is 9.97 Å². The fraction of sp³-hybridized carbons (Fsp3) is 0.200. The first kappa shape index (κ1) is 14.7. The van der Waals surface area contributed by atoms with Crippen LogP contribution in [0.1, 0.15) is 5.56 Å². The molecule has 2 aromatic rings. The molecule has 0 bridgehead atoms. The van der Waals surface area contributed by atoms with Gasteiger partial charge in [-0.15, -0.1) is 0 Å². The summed E-state index contributed by atoms with van der Waals surface area (Å²) in [5.41, 5.74) is -1.77. The van der Waals surface area contributed by atoms with E-state index in [-0.39, 0.29) is 5.76 Å². The van der Waals surface area contributed by atoms with Crippen LogP contribution in [0.15, 0.2) is 16.5 Å². The number of nitro groups is 1. The van der Waals surface area contributed by atoms with Crippen LogP contribution >= 0.6 is 0 Å². The lowest BCUT2D eigenvalue weighted by molar-refractivity contribution is -0.401. The van der Waals surface area contributed by atoms with Crippen molar-refractivity contribution in [1.29, 1.82) is 0 Å². The van der Waals surface area contributed by atoms with Gasteiger partial charge >= 0.3 is 12.1 Å². The van der Waals surface area contributed by atoms with Crippen LogP contribution in [0.4, 0.5) is 23.4 Å². The lowest BCUT2D eigenvalue weighted by Gasteiger charge is -2.11. The number of aromatic nitrogens is 2. The van der Waals surface area contributed by atoms with Gasteiger partial charge in [-0.05, 0) is 6.07 Å². The van der Waals surface area contributed by atoms with Crippen LogP contribution in [0.2, 0.25) is 0 Å². The first-order valence-corrected chi connectivity index (χ1v) is 5.17. The average molecular weight is 307 g/mol. The number of halogens is 4. The van der Waals surface area contributed by atoms with Gasteiger partial charge in [-0.25, -0.2) is 0 Å². The van der Waals surface area contributed by atoms with Crippen LogP contribution in [0.3, 0.4) is 0 Å². The van der Waals surface area contributed by atoms with E-state index in [4.69, 9.17) is 0 Å². The summed E-state index contributed by atoms with van der Waals surface area (Å²) in [6, 6.07) is 1.96. The number of hydrogen-bond acceptors (Lipinski definition) is 6. The molecule has 7 nitrogen and oxygen atoms in total. The smallest absolute Gasteiger partial charge is 0.433 e. The largest absolute Gasteiger partial charge is 0.480 e. The Morgan fingerprint density at radius 2 is 2.00 bits per heavy atom.